The normalized spacial score (nSPS) is 11.3. The van der Waals surface area contributed by atoms with Crippen molar-refractivity contribution in [3.05, 3.63) is 40.9 Å². The van der Waals surface area contributed by atoms with E-state index in [1.165, 1.54) is 0 Å². The molecule has 0 bridgehead atoms. The Morgan fingerprint density at radius 1 is 1.21 bits per heavy atom. The van der Waals surface area contributed by atoms with E-state index in [-0.39, 0.29) is 5.56 Å². The molecule has 4 nitrogen and oxygen atoms in total. The molecule has 0 aliphatic carbocycles. The Hall–Kier alpha value is -1.68. The van der Waals surface area contributed by atoms with Gasteiger partial charge in [0.05, 0.1) is 17.2 Å². The average Bonchev–Trinajstić information content (AvgIpc) is 2.46. The van der Waals surface area contributed by atoms with Crippen molar-refractivity contribution in [3.63, 3.8) is 0 Å². The zero-order valence-corrected chi connectivity index (χ0v) is 11.7. The van der Waals surface area contributed by atoms with Crippen LogP contribution >= 0.6 is 0 Å². The number of benzene rings is 1. The fourth-order valence-electron chi connectivity index (χ4n) is 2.27. The van der Waals surface area contributed by atoms with Gasteiger partial charge in [-0.3, -0.25) is 9.36 Å². The van der Waals surface area contributed by atoms with E-state index in [1.807, 2.05) is 24.3 Å². The molecular formula is C15H21N3O. The Labute approximate surface area is 113 Å². The van der Waals surface area contributed by atoms with Crippen LogP contribution in [0.1, 0.15) is 20.3 Å². The molecule has 0 N–H and O–H groups in total. The third-order valence-corrected chi connectivity index (χ3v) is 3.50. The molecule has 1 aromatic carbocycles. The van der Waals surface area contributed by atoms with Crippen LogP contribution in [0.3, 0.4) is 0 Å². The smallest absolute Gasteiger partial charge is 0.261 e. The van der Waals surface area contributed by atoms with E-state index in [0.717, 1.165) is 38.1 Å². The fourth-order valence-corrected chi connectivity index (χ4v) is 2.27. The van der Waals surface area contributed by atoms with Crippen molar-refractivity contribution in [2.24, 2.45) is 0 Å². The Morgan fingerprint density at radius 3 is 2.68 bits per heavy atom. The van der Waals surface area contributed by atoms with E-state index in [9.17, 15) is 4.79 Å². The van der Waals surface area contributed by atoms with Crippen molar-refractivity contribution in [2.75, 3.05) is 19.6 Å². The SMILES string of the molecule is CCN(CC)CCCn1cnc2ccccc2c1=O. The van der Waals surface area contributed by atoms with E-state index >= 15 is 0 Å². The lowest BCUT2D eigenvalue weighted by atomic mass is 10.2. The molecular weight excluding hydrogens is 238 g/mol. The lowest BCUT2D eigenvalue weighted by Gasteiger charge is -2.17. The maximum Gasteiger partial charge on any atom is 0.261 e. The third kappa shape index (κ3) is 3.20. The highest BCUT2D eigenvalue weighted by Gasteiger charge is 2.04. The molecule has 2 aromatic rings. The van der Waals surface area contributed by atoms with Gasteiger partial charge in [-0.15, -0.1) is 0 Å². The average molecular weight is 259 g/mol. The number of rotatable bonds is 6. The highest BCUT2D eigenvalue weighted by atomic mass is 16.1. The van der Waals surface area contributed by atoms with Gasteiger partial charge in [-0.1, -0.05) is 26.0 Å². The summed E-state index contributed by atoms with van der Waals surface area (Å²) in [6, 6.07) is 7.49. The van der Waals surface area contributed by atoms with Gasteiger partial charge in [-0.05, 0) is 38.2 Å². The van der Waals surface area contributed by atoms with Gasteiger partial charge in [0, 0.05) is 6.54 Å². The largest absolute Gasteiger partial charge is 0.304 e. The molecule has 102 valence electrons. The highest BCUT2D eigenvalue weighted by molar-refractivity contribution is 5.76. The molecule has 0 spiro atoms. The Kier molecular flexibility index (Phi) is 4.68. The molecule has 4 heteroatoms. The molecule has 0 aliphatic rings. The summed E-state index contributed by atoms with van der Waals surface area (Å²) in [4.78, 5) is 18.9. The quantitative estimate of drug-likeness (QED) is 0.797. The summed E-state index contributed by atoms with van der Waals surface area (Å²) in [5, 5.41) is 0.702. The minimum absolute atomic E-state index is 0.0603. The first-order valence-electron chi connectivity index (χ1n) is 6.92. The Morgan fingerprint density at radius 2 is 1.95 bits per heavy atom. The van der Waals surface area contributed by atoms with Gasteiger partial charge in [-0.2, -0.15) is 0 Å². The highest BCUT2D eigenvalue weighted by Crippen LogP contribution is 2.04. The van der Waals surface area contributed by atoms with Gasteiger partial charge in [0.2, 0.25) is 0 Å². The topological polar surface area (TPSA) is 38.1 Å². The summed E-state index contributed by atoms with van der Waals surface area (Å²) >= 11 is 0. The Bertz CT molecular complexity index is 587. The van der Waals surface area contributed by atoms with Crippen LogP contribution in [0, 0.1) is 0 Å². The molecule has 0 unspecified atom stereocenters. The number of hydrogen-bond donors (Lipinski definition) is 0. The first-order chi connectivity index (χ1) is 9.26. The number of fused-ring (bicyclic) bond motifs is 1. The van der Waals surface area contributed by atoms with Gasteiger partial charge in [0.15, 0.2) is 0 Å². The van der Waals surface area contributed by atoms with Crippen molar-refractivity contribution in [3.8, 4) is 0 Å². The molecule has 19 heavy (non-hydrogen) atoms. The first-order valence-corrected chi connectivity index (χ1v) is 6.92. The van der Waals surface area contributed by atoms with Crippen molar-refractivity contribution in [2.45, 2.75) is 26.8 Å². The third-order valence-electron chi connectivity index (χ3n) is 3.50. The number of aryl methyl sites for hydroxylation is 1. The van der Waals surface area contributed by atoms with E-state index < -0.39 is 0 Å². The first kappa shape index (κ1) is 13.7. The molecule has 0 amide bonds. The molecule has 1 heterocycles. The second-order valence-corrected chi connectivity index (χ2v) is 4.64. The van der Waals surface area contributed by atoms with Crippen LogP contribution in [-0.2, 0) is 6.54 Å². The van der Waals surface area contributed by atoms with Crippen molar-refractivity contribution < 1.29 is 0 Å². The minimum Gasteiger partial charge on any atom is -0.304 e. The predicted molar refractivity (Wildman–Crippen MR) is 78.4 cm³/mol. The number of hydrogen-bond acceptors (Lipinski definition) is 3. The van der Waals surface area contributed by atoms with Crippen LogP contribution in [0.4, 0.5) is 0 Å². The number of nitrogens with zero attached hydrogens (tertiary/aromatic N) is 3. The standard InChI is InChI=1S/C15H21N3O/c1-3-17(4-2)10-7-11-18-12-16-14-9-6-5-8-13(14)15(18)19/h5-6,8-9,12H,3-4,7,10-11H2,1-2H3. The molecule has 0 fully saturated rings. The number of para-hydroxylation sites is 1. The summed E-state index contributed by atoms with van der Waals surface area (Å²) in [7, 11) is 0. The summed E-state index contributed by atoms with van der Waals surface area (Å²) in [6.45, 7) is 8.18. The summed E-state index contributed by atoms with van der Waals surface area (Å²) in [5.41, 5.74) is 0.831. The zero-order valence-electron chi connectivity index (χ0n) is 11.7. The van der Waals surface area contributed by atoms with E-state index in [2.05, 4.69) is 23.7 Å². The van der Waals surface area contributed by atoms with Gasteiger partial charge in [-0.25, -0.2) is 4.98 Å². The van der Waals surface area contributed by atoms with Gasteiger partial charge < -0.3 is 4.90 Å². The van der Waals surface area contributed by atoms with Gasteiger partial charge in [0.25, 0.3) is 5.56 Å². The molecule has 0 radical (unpaired) electrons. The molecule has 0 saturated heterocycles. The fraction of sp³-hybridized carbons (Fsp3) is 0.467. The second kappa shape index (κ2) is 6.48. The minimum atomic E-state index is 0.0603. The number of aromatic nitrogens is 2. The van der Waals surface area contributed by atoms with E-state index in [4.69, 9.17) is 0 Å². The van der Waals surface area contributed by atoms with Crippen molar-refractivity contribution >= 4 is 10.9 Å². The zero-order chi connectivity index (χ0) is 13.7. The molecule has 0 aliphatic heterocycles. The summed E-state index contributed by atoms with van der Waals surface area (Å²) < 4.78 is 1.71. The molecule has 0 atom stereocenters. The molecule has 1 aromatic heterocycles. The lowest BCUT2D eigenvalue weighted by Crippen LogP contribution is -2.27. The van der Waals surface area contributed by atoms with Crippen molar-refractivity contribution in [1.29, 1.82) is 0 Å². The Balaban J connectivity index is 2.09. The van der Waals surface area contributed by atoms with Crippen LogP contribution < -0.4 is 5.56 Å². The van der Waals surface area contributed by atoms with Crippen LogP contribution in [0.25, 0.3) is 10.9 Å². The second-order valence-electron chi connectivity index (χ2n) is 4.64. The van der Waals surface area contributed by atoms with E-state index in [1.54, 1.807) is 10.9 Å². The maximum absolute atomic E-state index is 12.3. The van der Waals surface area contributed by atoms with E-state index in [0.29, 0.717) is 5.39 Å². The lowest BCUT2D eigenvalue weighted by molar-refractivity contribution is 0.292. The van der Waals surface area contributed by atoms with Gasteiger partial charge >= 0.3 is 0 Å². The van der Waals surface area contributed by atoms with Gasteiger partial charge in [0.1, 0.15) is 0 Å². The van der Waals surface area contributed by atoms with Crippen LogP contribution in [-0.4, -0.2) is 34.1 Å². The molecule has 2 rings (SSSR count). The maximum atomic E-state index is 12.3. The monoisotopic (exact) mass is 259 g/mol. The predicted octanol–water partition coefficient (Wildman–Crippen LogP) is 2.13. The van der Waals surface area contributed by atoms with Crippen LogP contribution in [0.5, 0.6) is 0 Å². The summed E-state index contributed by atoms with van der Waals surface area (Å²) in [5.74, 6) is 0. The van der Waals surface area contributed by atoms with Crippen LogP contribution in [0.2, 0.25) is 0 Å². The van der Waals surface area contributed by atoms with Crippen molar-refractivity contribution in [1.82, 2.24) is 14.5 Å². The van der Waals surface area contributed by atoms with Crippen LogP contribution in [0.15, 0.2) is 35.4 Å². The molecule has 0 saturated carbocycles. The summed E-state index contributed by atoms with van der Waals surface area (Å²) in [6.07, 6.45) is 2.63.